The lowest BCUT2D eigenvalue weighted by Crippen LogP contribution is -2.45. The third-order valence-corrected chi connectivity index (χ3v) is 4.69. The topological polar surface area (TPSA) is 83.0 Å². The zero-order chi connectivity index (χ0) is 23.7. The van der Waals surface area contributed by atoms with Gasteiger partial charge in [0.05, 0.1) is 17.3 Å². The molecule has 0 aromatic heterocycles. The van der Waals surface area contributed by atoms with Gasteiger partial charge in [-0.15, -0.1) is 0 Å². The molecule has 0 heterocycles. The summed E-state index contributed by atoms with van der Waals surface area (Å²) >= 11 is 5.95. The van der Waals surface area contributed by atoms with Crippen LogP contribution in [0.2, 0.25) is 5.02 Å². The first-order valence-electron chi connectivity index (χ1n) is 10.2. The molecule has 7 nitrogen and oxygen atoms in total. The largest absolute Gasteiger partial charge is 0.384 e. The Morgan fingerprint density at radius 2 is 1.88 bits per heavy atom. The third-order valence-electron chi connectivity index (χ3n) is 4.40. The molecule has 0 spiro atoms. The zero-order valence-corrected chi connectivity index (χ0v) is 19.4. The summed E-state index contributed by atoms with van der Waals surface area (Å²) in [6.07, 6.45) is 0.780. The predicted molar refractivity (Wildman–Crippen MR) is 124 cm³/mol. The molecular formula is C23H28ClFN4O3. The Morgan fingerprint density at radius 3 is 2.44 bits per heavy atom. The number of hydrogen-bond acceptors (Lipinski definition) is 5. The molecule has 0 unspecified atom stereocenters. The molecular weight excluding hydrogens is 435 g/mol. The Labute approximate surface area is 192 Å². The summed E-state index contributed by atoms with van der Waals surface area (Å²) in [6.45, 7) is 5.34. The van der Waals surface area contributed by atoms with E-state index in [9.17, 15) is 14.0 Å². The second-order valence-electron chi connectivity index (χ2n) is 7.44. The number of ether oxygens (including phenoxy) is 1. The molecule has 0 atom stereocenters. The molecule has 0 radical (unpaired) electrons. The number of hydrogen-bond donors (Lipinski definition) is 2. The quantitative estimate of drug-likeness (QED) is 0.337. The van der Waals surface area contributed by atoms with Crippen LogP contribution in [0.1, 0.15) is 31.9 Å². The van der Waals surface area contributed by atoms with Gasteiger partial charge in [-0.25, -0.2) is 4.39 Å². The standard InChI is InChI=1S/C23H28ClFN4O3/c1-15(2)26-22(31)14-29(16(3)30)23(18-7-10-21(25)20(24)13-18)28-27-19-8-5-17(6-9-19)11-12-32-4/h5-10,13,15,27H,11-12,14H2,1-4H3,(H,26,31)/b28-23-. The molecule has 2 aromatic rings. The van der Waals surface area contributed by atoms with Crippen LogP contribution in [0.25, 0.3) is 0 Å². The van der Waals surface area contributed by atoms with Crippen LogP contribution in [-0.2, 0) is 20.7 Å². The molecule has 0 fully saturated rings. The van der Waals surface area contributed by atoms with Gasteiger partial charge in [-0.05, 0) is 56.2 Å². The SMILES string of the molecule is COCCc1ccc(N/N=C(/c2ccc(F)c(Cl)c2)N(CC(=O)NC(C)C)C(C)=O)cc1. The zero-order valence-electron chi connectivity index (χ0n) is 18.6. The minimum absolute atomic E-state index is 0.0910. The number of carbonyl (C=O) groups is 2. The summed E-state index contributed by atoms with van der Waals surface area (Å²) in [5.74, 6) is -1.21. The molecule has 9 heteroatoms. The number of benzene rings is 2. The van der Waals surface area contributed by atoms with Crippen molar-refractivity contribution < 1.29 is 18.7 Å². The van der Waals surface area contributed by atoms with Gasteiger partial charge in [-0.1, -0.05) is 23.7 Å². The highest BCUT2D eigenvalue weighted by Gasteiger charge is 2.22. The number of nitrogens with zero attached hydrogens (tertiary/aromatic N) is 2. The van der Waals surface area contributed by atoms with Gasteiger partial charge in [-0.3, -0.25) is 19.9 Å². The average Bonchev–Trinajstić information content (AvgIpc) is 2.74. The molecule has 0 bridgehead atoms. The van der Waals surface area contributed by atoms with Crippen LogP contribution < -0.4 is 10.7 Å². The highest BCUT2D eigenvalue weighted by atomic mass is 35.5. The van der Waals surface area contributed by atoms with Crippen LogP contribution in [0, 0.1) is 5.82 Å². The summed E-state index contributed by atoms with van der Waals surface area (Å²) in [5, 5.41) is 7.00. The molecule has 0 saturated heterocycles. The molecule has 172 valence electrons. The van der Waals surface area contributed by atoms with Crippen LogP contribution >= 0.6 is 11.6 Å². The van der Waals surface area contributed by atoms with Gasteiger partial charge in [0.15, 0.2) is 5.84 Å². The van der Waals surface area contributed by atoms with Gasteiger partial charge in [0.25, 0.3) is 0 Å². The molecule has 32 heavy (non-hydrogen) atoms. The summed E-state index contributed by atoms with van der Waals surface area (Å²) in [4.78, 5) is 26.0. The van der Waals surface area contributed by atoms with Gasteiger partial charge in [-0.2, -0.15) is 5.10 Å². The van der Waals surface area contributed by atoms with Crippen LogP contribution in [-0.4, -0.2) is 48.9 Å². The summed E-state index contributed by atoms with van der Waals surface area (Å²) in [6, 6.07) is 11.5. The molecule has 2 rings (SSSR count). The Bertz CT molecular complexity index is 964. The van der Waals surface area contributed by atoms with Crippen molar-refractivity contribution >= 4 is 34.9 Å². The molecule has 0 aliphatic rings. The van der Waals surface area contributed by atoms with Gasteiger partial charge in [0.1, 0.15) is 12.4 Å². The maximum absolute atomic E-state index is 13.7. The van der Waals surface area contributed by atoms with E-state index in [2.05, 4.69) is 15.8 Å². The van der Waals surface area contributed by atoms with Crippen molar-refractivity contribution in [2.75, 3.05) is 25.7 Å². The van der Waals surface area contributed by atoms with Crippen molar-refractivity contribution in [1.82, 2.24) is 10.2 Å². The number of rotatable bonds is 9. The van der Waals surface area contributed by atoms with E-state index in [1.165, 1.54) is 30.0 Å². The van der Waals surface area contributed by atoms with Gasteiger partial charge in [0, 0.05) is 25.6 Å². The van der Waals surface area contributed by atoms with E-state index < -0.39 is 11.7 Å². The third kappa shape index (κ3) is 7.62. The molecule has 0 saturated carbocycles. The lowest BCUT2D eigenvalue weighted by molar-refractivity contribution is -0.130. The minimum Gasteiger partial charge on any atom is -0.384 e. The van der Waals surface area contributed by atoms with E-state index in [-0.39, 0.29) is 29.4 Å². The Morgan fingerprint density at radius 1 is 1.19 bits per heavy atom. The highest BCUT2D eigenvalue weighted by molar-refractivity contribution is 6.31. The number of hydrazone groups is 1. The summed E-state index contributed by atoms with van der Waals surface area (Å²) in [5.41, 5.74) is 5.06. The normalized spacial score (nSPS) is 11.4. The number of nitrogens with one attached hydrogen (secondary N) is 2. The maximum Gasteiger partial charge on any atom is 0.240 e. The number of carbonyl (C=O) groups excluding carboxylic acids is 2. The van der Waals surface area contributed by atoms with Crippen molar-refractivity contribution in [3.63, 3.8) is 0 Å². The highest BCUT2D eigenvalue weighted by Crippen LogP contribution is 2.19. The van der Waals surface area contributed by atoms with Crippen molar-refractivity contribution in [3.05, 3.63) is 64.4 Å². The fourth-order valence-corrected chi connectivity index (χ4v) is 3.03. The smallest absolute Gasteiger partial charge is 0.240 e. The number of amides is 2. The Hall–Kier alpha value is -2.97. The fourth-order valence-electron chi connectivity index (χ4n) is 2.85. The van der Waals surface area contributed by atoms with E-state index in [4.69, 9.17) is 16.3 Å². The van der Waals surface area contributed by atoms with Crippen molar-refractivity contribution in [2.45, 2.75) is 33.2 Å². The van der Waals surface area contributed by atoms with E-state index >= 15 is 0 Å². The van der Waals surface area contributed by atoms with Crippen LogP contribution in [0.4, 0.5) is 10.1 Å². The molecule has 0 aliphatic heterocycles. The monoisotopic (exact) mass is 462 g/mol. The van der Waals surface area contributed by atoms with Crippen LogP contribution in [0.5, 0.6) is 0 Å². The second-order valence-corrected chi connectivity index (χ2v) is 7.85. The van der Waals surface area contributed by atoms with Gasteiger partial charge in [0.2, 0.25) is 11.8 Å². The van der Waals surface area contributed by atoms with Crippen molar-refractivity contribution in [2.24, 2.45) is 5.10 Å². The molecule has 2 aromatic carbocycles. The van der Waals surface area contributed by atoms with E-state index in [1.807, 2.05) is 38.1 Å². The minimum atomic E-state index is -0.596. The molecule has 2 amide bonds. The summed E-state index contributed by atoms with van der Waals surface area (Å²) in [7, 11) is 1.65. The number of halogens is 2. The fraction of sp³-hybridized carbons (Fsp3) is 0.348. The van der Waals surface area contributed by atoms with Gasteiger partial charge < -0.3 is 10.1 Å². The molecule has 0 aliphatic carbocycles. The van der Waals surface area contributed by atoms with Crippen LogP contribution in [0.15, 0.2) is 47.6 Å². The Balaban J connectivity index is 2.36. The number of methoxy groups -OCH3 is 1. The number of anilines is 1. The van der Waals surface area contributed by atoms with E-state index in [0.29, 0.717) is 17.9 Å². The first-order valence-corrected chi connectivity index (χ1v) is 10.5. The lowest BCUT2D eigenvalue weighted by Gasteiger charge is -2.23. The average molecular weight is 463 g/mol. The second kappa shape index (κ2) is 12.2. The first-order chi connectivity index (χ1) is 15.2. The maximum atomic E-state index is 13.7. The molecule has 2 N–H and O–H groups in total. The number of amidine groups is 1. The summed E-state index contributed by atoms with van der Waals surface area (Å²) < 4.78 is 18.8. The van der Waals surface area contributed by atoms with E-state index in [1.54, 1.807) is 7.11 Å². The lowest BCUT2D eigenvalue weighted by atomic mass is 10.1. The van der Waals surface area contributed by atoms with Crippen molar-refractivity contribution in [1.29, 1.82) is 0 Å². The van der Waals surface area contributed by atoms with E-state index in [0.717, 1.165) is 12.0 Å². The van der Waals surface area contributed by atoms with Crippen molar-refractivity contribution in [3.8, 4) is 0 Å². The Kier molecular flexibility index (Phi) is 9.61. The first kappa shape index (κ1) is 25.3. The predicted octanol–water partition coefficient (Wildman–Crippen LogP) is 3.81. The van der Waals surface area contributed by atoms with Gasteiger partial charge >= 0.3 is 0 Å². The van der Waals surface area contributed by atoms with Crippen LogP contribution in [0.3, 0.4) is 0 Å².